The van der Waals surface area contributed by atoms with Gasteiger partial charge in [-0.2, -0.15) is 0 Å². The lowest BCUT2D eigenvalue weighted by molar-refractivity contribution is 0.0300. The van der Waals surface area contributed by atoms with Crippen molar-refractivity contribution in [3.63, 3.8) is 0 Å². The molecule has 94 valence electrons. The van der Waals surface area contributed by atoms with Crippen LogP contribution >= 0.6 is 0 Å². The normalized spacial score (nSPS) is 20.4. The Morgan fingerprint density at radius 3 is 2.47 bits per heavy atom. The van der Waals surface area contributed by atoms with Gasteiger partial charge in [0.15, 0.2) is 0 Å². The van der Waals surface area contributed by atoms with Crippen LogP contribution in [-0.2, 0) is 5.60 Å². The van der Waals surface area contributed by atoms with Crippen LogP contribution in [0.4, 0.5) is 0 Å². The van der Waals surface area contributed by atoms with Crippen LogP contribution in [-0.4, -0.2) is 17.7 Å². The van der Waals surface area contributed by atoms with Crippen molar-refractivity contribution in [1.82, 2.24) is 5.32 Å². The quantitative estimate of drug-likeness (QED) is 0.819. The van der Waals surface area contributed by atoms with E-state index in [1.165, 1.54) is 25.7 Å². The van der Waals surface area contributed by atoms with Crippen LogP contribution in [0.5, 0.6) is 0 Å². The summed E-state index contributed by atoms with van der Waals surface area (Å²) in [5.74, 6) is 0. The minimum Gasteiger partial charge on any atom is -0.384 e. The SMILES string of the molecule is CCC(O)(CNC1CCCC1)c1ccccc1. The molecule has 2 N–H and O–H groups in total. The molecule has 1 aromatic rings. The third-order valence-electron chi connectivity index (χ3n) is 3.93. The molecule has 0 radical (unpaired) electrons. The van der Waals surface area contributed by atoms with Crippen molar-refractivity contribution in [1.29, 1.82) is 0 Å². The predicted molar refractivity (Wildman–Crippen MR) is 70.9 cm³/mol. The van der Waals surface area contributed by atoms with Gasteiger partial charge in [0.1, 0.15) is 5.60 Å². The third kappa shape index (κ3) is 3.08. The summed E-state index contributed by atoms with van der Waals surface area (Å²) in [5.41, 5.74) is 0.303. The zero-order valence-electron chi connectivity index (χ0n) is 10.7. The summed E-state index contributed by atoms with van der Waals surface area (Å²) in [6.45, 7) is 2.71. The van der Waals surface area contributed by atoms with Crippen molar-refractivity contribution in [3.05, 3.63) is 35.9 Å². The molecule has 1 atom stereocenters. The number of rotatable bonds is 5. The van der Waals surface area contributed by atoms with Gasteiger partial charge in [-0.05, 0) is 24.8 Å². The fourth-order valence-electron chi connectivity index (χ4n) is 2.62. The van der Waals surface area contributed by atoms with E-state index in [0.717, 1.165) is 12.0 Å². The molecule has 0 aliphatic heterocycles. The highest BCUT2D eigenvalue weighted by molar-refractivity contribution is 5.22. The van der Waals surface area contributed by atoms with Gasteiger partial charge in [0, 0.05) is 12.6 Å². The number of hydrogen-bond donors (Lipinski definition) is 2. The van der Waals surface area contributed by atoms with E-state index in [9.17, 15) is 5.11 Å². The lowest BCUT2D eigenvalue weighted by Crippen LogP contribution is -2.41. The maximum absolute atomic E-state index is 10.7. The van der Waals surface area contributed by atoms with Gasteiger partial charge in [0.2, 0.25) is 0 Å². The highest BCUT2D eigenvalue weighted by Gasteiger charge is 2.28. The minimum absolute atomic E-state index is 0.608. The van der Waals surface area contributed by atoms with Crippen molar-refractivity contribution in [2.45, 2.75) is 50.7 Å². The van der Waals surface area contributed by atoms with Gasteiger partial charge < -0.3 is 10.4 Å². The van der Waals surface area contributed by atoms with Crippen LogP contribution < -0.4 is 5.32 Å². The fraction of sp³-hybridized carbons (Fsp3) is 0.600. The summed E-state index contributed by atoms with van der Waals surface area (Å²) in [6, 6.07) is 10.6. The maximum Gasteiger partial charge on any atom is 0.102 e. The number of aliphatic hydroxyl groups is 1. The van der Waals surface area contributed by atoms with Gasteiger partial charge in [-0.3, -0.25) is 0 Å². The van der Waals surface area contributed by atoms with Crippen molar-refractivity contribution >= 4 is 0 Å². The summed E-state index contributed by atoms with van der Waals surface area (Å²) < 4.78 is 0. The minimum atomic E-state index is -0.718. The molecule has 2 rings (SSSR count). The van der Waals surface area contributed by atoms with E-state index in [0.29, 0.717) is 12.6 Å². The second kappa shape index (κ2) is 5.65. The molecular formula is C15H23NO. The van der Waals surface area contributed by atoms with Crippen LogP contribution in [0.1, 0.15) is 44.6 Å². The molecule has 17 heavy (non-hydrogen) atoms. The molecule has 1 aliphatic carbocycles. The fourth-order valence-corrected chi connectivity index (χ4v) is 2.62. The topological polar surface area (TPSA) is 32.3 Å². The van der Waals surface area contributed by atoms with E-state index >= 15 is 0 Å². The van der Waals surface area contributed by atoms with Crippen molar-refractivity contribution in [3.8, 4) is 0 Å². The monoisotopic (exact) mass is 233 g/mol. The molecule has 0 heterocycles. The van der Waals surface area contributed by atoms with Crippen LogP contribution in [0.15, 0.2) is 30.3 Å². The van der Waals surface area contributed by atoms with E-state index in [1.807, 2.05) is 37.3 Å². The van der Waals surface area contributed by atoms with Crippen LogP contribution in [0.3, 0.4) is 0 Å². The Morgan fingerprint density at radius 2 is 1.88 bits per heavy atom. The Labute approximate surface area is 104 Å². The first-order valence-electron chi connectivity index (χ1n) is 6.76. The molecule has 1 aromatic carbocycles. The molecule has 0 aromatic heterocycles. The summed E-state index contributed by atoms with van der Waals surface area (Å²) in [7, 11) is 0. The van der Waals surface area contributed by atoms with Gasteiger partial charge in [0.25, 0.3) is 0 Å². The summed E-state index contributed by atoms with van der Waals surface area (Å²) >= 11 is 0. The average Bonchev–Trinajstić information content (AvgIpc) is 2.90. The Balaban J connectivity index is 1.98. The maximum atomic E-state index is 10.7. The Bertz CT molecular complexity index is 332. The molecular weight excluding hydrogens is 210 g/mol. The molecule has 2 heteroatoms. The third-order valence-corrected chi connectivity index (χ3v) is 3.93. The predicted octanol–water partition coefficient (Wildman–Crippen LogP) is 2.82. The van der Waals surface area contributed by atoms with Crippen LogP contribution in [0, 0.1) is 0 Å². The number of nitrogens with one attached hydrogen (secondary N) is 1. The van der Waals surface area contributed by atoms with E-state index in [4.69, 9.17) is 0 Å². The van der Waals surface area contributed by atoms with Crippen LogP contribution in [0.25, 0.3) is 0 Å². The second-order valence-corrected chi connectivity index (χ2v) is 5.11. The highest BCUT2D eigenvalue weighted by atomic mass is 16.3. The Morgan fingerprint density at radius 1 is 1.24 bits per heavy atom. The Hall–Kier alpha value is -0.860. The molecule has 1 unspecified atom stereocenters. The molecule has 2 nitrogen and oxygen atoms in total. The van der Waals surface area contributed by atoms with E-state index < -0.39 is 5.60 Å². The first-order chi connectivity index (χ1) is 8.24. The van der Waals surface area contributed by atoms with Crippen molar-refractivity contribution in [2.75, 3.05) is 6.54 Å². The summed E-state index contributed by atoms with van der Waals surface area (Å²) in [5, 5.41) is 14.2. The average molecular weight is 233 g/mol. The van der Waals surface area contributed by atoms with Crippen molar-refractivity contribution in [2.24, 2.45) is 0 Å². The summed E-state index contributed by atoms with van der Waals surface area (Å²) in [6.07, 6.45) is 5.92. The zero-order chi connectivity index (χ0) is 12.1. The number of hydrogen-bond acceptors (Lipinski definition) is 2. The van der Waals surface area contributed by atoms with Crippen molar-refractivity contribution < 1.29 is 5.11 Å². The van der Waals surface area contributed by atoms with Gasteiger partial charge in [-0.15, -0.1) is 0 Å². The molecule has 1 saturated carbocycles. The van der Waals surface area contributed by atoms with Gasteiger partial charge in [0.05, 0.1) is 0 Å². The smallest absolute Gasteiger partial charge is 0.102 e. The van der Waals surface area contributed by atoms with Gasteiger partial charge in [-0.1, -0.05) is 50.1 Å². The molecule has 1 fully saturated rings. The second-order valence-electron chi connectivity index (χ2n) is 5.11. The first kappa shape index (κ1) is 12.6. The van der Waals surface area contributed by atoms with Crippen LogP contribution in [0.2, 0.25) is 0 Å². The Kier molecular flexibility index (Phi) is 4.19. The first-order valence-corrected chi connectivity index (χ1v) is 6.76. The number of benzene rings is 1. The van der Waals surface area contributed by atoms with E-state index in [1.54, 1.807) is 0 Å². The summed E-state index contributed by atoms with van der Waals surface area (Å²) in [4.78, 5) is 0. The molecule has 1 aliphatic rings. The van der Waals surface area contributed by atoms with Gasteiger partial charge >= 0.3 is 0 Å². The zero-order valence-corrected chi connectivity index (χ0v) is 10.7. The highest BCUT2D eigenvalue weighted by Crippen LogP contribution is 2.25. The van der Waals surface area contributed by atoms with E-state index in [2.05, 4.69) is 5.32 Å². The molecule has 0 saturated heterocycles. The van der Waals surface area contributed by atoms with E-state index in [-0.39, 0.29) is 0 Å². The standard InChI is InChI=1S/C15H23NO/c1-2-15(17,13-8-4-3-5-9-13)12-16-14-10-6-7-11-14/h3-5,8-9,14,16-17H,2,6-7,10-12H2,1H3. The van der Waals surface area contributed by atoms with Gasteiger partial charge in [-0.25, -0.2) is 0 Å². The lowest BCUT2D eigenvalue weighted by Gasteiger charge is -2.29. The molecule has 0 bridgehead atoms. The largest absolute Gasteiger partial charge is 0.384 e. The lowest BCUT2D eigenvalue weighted by atomic mass is 9.91. The molecule has 0 amide bonds. The molecule has 0 spiro atoms.